The highest BCUT2D eigenvalue weighted by Crippen LogP contribution is 2.27. The Kier molecular flexibility index (Phi) is 5.84. The zero-order valence-electron chi connectivity index (χ0n) is 15.2. The van der Waals surface area contributed by atoms with Gasteiger partial charge in [0.1, 0.15) is 6.54 Å². The Bertz CT molecular complexity index is 787. The fraction of sp³-hybridized carbons (Fsp3) is 0.474. The third kappa shape index (κ3) is 5.09. The Balaban J connectivity index is 1.55. The Morgan fingerprint density at radius 1 is 1.11 bits per heavy atom. The van der Waals surface area contributed by atoms with Gasteiger partial charge in [0.25, 0.3) is 0 Å². The average Bonchev–Trinajstić information content (AvgIpc) is 2.96. The Morgan fingerprint density at radius 2 is 1.89 bits per heavy atom. The minimum absolute atomic E-state index is 0.173. The Hall–Kier alpha value is -2.35. The summed E-state index contributed by atoms with van der Waals surface area (Å²) in [6.45, 7) is 5.55. The maximum atomic E-state index is 12.6. The first-order valence-corrected chi connectivity index (χ1v) is 8.98. The summed E-state index contributed by atoms with van der Waals surface area (Å²) < 4.78 is 38.9. The molecule has 2 aromatic rings. The molecule has 2 heterocycles. The molecule has 0 saturated carbocycles. The van der Waals surface area contributed by atoms with Crippen LogP contribution in [0.4, 0.5) is 13.2 Å². The van der Waals surface area contributed by atoms with Crippen LogP contribution in [0.3, 0.4) is 0 Å². The summed E-state index contributed by atoms with van der Waals surface area (Å²) >= 11 is 0. The SMILES string of the molecule is Cc1ccccc1CN1CCCN(C(=O)Cn2ccc(C(F)(F)F)n2)CC1. The lowest BCUT2D eigenvalue weighted by Crippen LogP contribution is -2.37. The first-order chi connectivity index (χ1) is 12.8. The van der Waals surface area contributed by atoms with Gasteiger partial charge in [-0.1, -0.05) is 24.3 Å². The minimum Gasteiger partial charge on any atom is -0.340 e. The van der Waals surface area contributed by atoms with Crippen LogP contribution in [0.2, 0.25) is 0 Å². The predicted octanol–water partition coefficient (Wildman–Crippen LogP) is 2.94. The molecule has 1 aliphatic rings. The van der Waals surface area contributed by atoms with Crippen molar-refractivity contribution in [1.29, 1.82) is 0 Å². The molecule has 0 radical (unpaired) electrons. The second-order valence-electron chi connectivity index (χ2n) is 6.83. The lowest BCUT2D eigenvalue weighted by molar-refractivity contribution is -0.142. The zero-order chi connectivity index (χ0) is 19.4. The minimum atomic E-state index is -4.49. The molecule has 1 aliphatic heterocycles. The largest absolute Gasteiger partial charge is 0.435 e. The van der Waals surface area contributed by atoms with Gasteiger partial charge in [-0.3, -0.25) is 14.4 Å². The van der Waals surface area contributed by atoms with Gasteiger partial charge in [0.15, 0.2) is 5.69 Å². The molecule has 1 aromatic carbocycles. The van der Waals surface area contributed by atoms with Crippen LogP contribution < -0.4 is 0 Å². The van der Waals surface area contributed by atoms with Gasteiger partial charge in [-0.2, -0.15) is 18.3 Å². The van der Waals surface area contributed by atoms with Crippen LogP contribution >= 0.6 is 0 Å². The van der Waals surface area contributed by atoms with Gasteiger partial charge in [0.05, 0.1) is 0 Å². The van der Waals surface area contributed by atoms with Crippen molar-refractivity contribution in [2.45, 2.75) is 32.6 Å². The Morgan fingerprint density at radius 3 is 2.59 bits per heavy atom. The number of rotatable bonds is 4. The number of carbonyl (C=O) groups is 1. The van der Waals surface area contributed by atoms with Crippen LogP contribution in [0, 0.1) is 6.92 Å². The molecule has 0 atom stereocenters. The third-order valence-corrected chi connectivity index (χ3v) is 4.82. The van der Waals surface area contributed by atoms with Crippen molar-refractivity contribution in [3.8, 4) is 0 Å². The van der Waals surface area contributed by atoms with Crippen molar-refractivity contribution in [3.63, 3.8) is 0 Å². The second kappa shape index (κ2) is 8.12. The first-order valence-electron chi connectivity index (χ1n) is 8.98. The number of hydrogen-bond acceptors (Lipinski definition) is 3. The molecule has 8 heteroatoms. The van der Waals surface area contributed by atoms with E-state index in [1.54, 1.807) is 4.90 Å². The number of carbonyl (C=O) groups excluding carboxylic acids is 1. The molecule has 1 aromatic heterocycles. The van der Waals surface area contributed by atoms with Crippen molar-refractivity contribution in [2.75, 3.05) is 26.2 Å². The van der Waals surface area contributed by atoms with Gasteiger partial charge in [-0.05, 0) is 30.5 Å². The second-order valence-corrected chi connectivity index (χ2v) is 6.83. The standard InChI is InChI=1S/C19H23F3N4O/c1-15-5-2-3-6-16(15)13-24-8-4-9-25(12-11-24)18(27)14-26-10-7-17(23-26)19(20,21)22/h2-3,5-7,10H,4,8-9,11-14H2,1H3. The smallest absolute Gasteiger partial charge is 0.340 e. The number of nitrogens with zero attached hydrogens (tertiary/aromatic N) is 4. The van der Waals surface area contributed by atoms with Gasteiger partial charge < -0.3 is 4.90 Å². The molecule has 146 valence electrons. The van der Waals surface area contributed by atoms with Crippen molar-refractivity contribution in [1.82, 2.24) is 19.6 Å². The van der Waals surface area contributed by atoms with E-state index in [0.717, 1.165) is 36.8 Å². The lowest BCUT2D eigenvalue weighted by atomic mass is 10.1. The molecule has 0 N–H and O–H groups in total. The van der Waals surface area contributed by atoms with Crippen LogP contribution in [0.15, 0.2) is 36.5 Å². The van der Waals surface area contributed by atoms with Crippen LogP contribution in [-0.2, 0) is 24.1 Å². The van der Waals surface area contributed by atoms with Gasteiger partial charge >= 0.3 is 6.18 Å². The third-order valence-electron chi connectivity index (χ3n) is 4.82. The van der Waals surface area contributed by atoms with Crippen LogP contribution in [0.5, 0.6) is 0 Å². The van der Waals surface area contributed by atoms with E-state index in [2.05, 4.69) is 29.1 Å². The molecule has 3 rings (SSSR count). The van der Waals surface area contributed by atoms with E-state index in [9.17, 15) is 18.0 Å². The Labute approximate surface area is 156 Å². The summed E-state index contributed by atoms with van der Waals surface area (Å²) in [4.78, 5) is 16.5. The highest BCUT2D eigenvalue weighted by Gasteiger charge is 2.33. The van der Waals surface area contributed by atoms with E-state index in [-0.39, 0.29) is 12.5 Å². The summed E-state index contributed by atoms with van der Waals surface area (Å²) in [7, 11) is 0. The van der Waals surface area contributed by atoms with E-state index in [1.807, 2.05) is 12.1 Å². The van der Waals surface area contributed by atoms with Crippen molar-refractivity contribution < 1.29 is 18.0 Å². The van der Waals surface area contributed by atoms with E-state index >= 15 is 0 Å². The molecule has 0 spiro atoms. The molecule has 0 unspecified atom stereocenters. The normalized spacial score (nSPS) is 16.4. The number of hydrogen-bond donors (Lipinski definition) is 0. The molecular formula is C19H23F3N4O. The number of aryl methyl sites for hydroxylation is 1. The number of aromatic nitrogens is 2. The fourth-order valence-corrected chi connectivity index (χ4v) is 3.25. The maximum absolute atomic E-state index is 12.6. The molecule has 1 amide bonds. The lowest BCUT2D eigenvalue weighted by Gasteiger charge is -2.22. The summed E-state index contributed by atoms with van der Waals surface area (Å²) in [6, 6.07) is 9.12. The van der Waals surface area contributed by atoms with Crippen molar-refractivity contribution in [3.05, 3.63) is 53.3 Å². The first kappa shape index (κ1) is 19.4. The van der Waals surface area contributed by atoms with E-state index in [4.69, 9.17) is 0 Å². The molecule has 1 fully saturated rings. The van der Waals surface area contributed by atoms with E-state index in [0.29, 0.717) is 13.1 Å². The summed E-state index contributed by atoms with van der Waals surface area (Å²) in [5, 5.41) is 3.45. The quantitative estimate of drug-likeness (QED) is 0.819. The summed E-state index contributed by atoms with van der Waals surface area (Å²) in [5.74, 6) is -0.204. The van der Waals surface area contributed by atoms with Gasteiger partial charge in [0, 0.05) is 38.9 Å². The number of amides is 1. The van der Waals surface area contributed by atoms with Crippen molar-refractivity contribution >= 4 is 5.91 Å². The van der Waals surface area contributed by atoms with Gasteiger partial charge in [-0.25, -0.2) is 0 Å². The molecule has 1 saturated heterocycles. The monoisotopic (exact) mass is 380 g/mol. The average molecular weight is 380 g/mol. The molecule has 27 heavy (non-hydrogen) atoms. The fourth-order valence-electron chi connectivity index (χ4n) is 3.25. The predicted molar refractivity (Wildman–Crippen MR) is 94.9 cm³/mol. The molecule has 0 bridgehead atoms. The van der Waals surface area contributed by atoms with E-state index < -0.39 is 11.9 Å². The highest BCUT2D eigenvalue weighted by atomic mass is 19.4. The zero-order valence-corrected chi connectivity index (χ0v) is 15.2. The number of alkyl halides is 3. The van der Waals surface area contributed by atoms with Crippen LogP contribution in [0.25, 0.3) is 0 Å². The number of halogens is 3. The topological polar surface area (TPSA) is 41.4 Å². The van der Waals surface area contributed by atoms with Gasteiger partial charge in [0.2, 0.25) is 5.91 Å². The summed E-state index contributed by atoms with van der Waals surface area (Å²) in [6.07, 6.45) is -2.46. The maximum Gasteiger partial charge on any atom is 0.435 e. The van der Waals surface area contributed by atoms with E-state index in [1.165, 1.54) is 17.3 Å². The van der Waals surface area contributed by atoms with Crippen molar-refractivity contribution in [2.24, 2.45) is 0 Å². The highest BCUT2D eigenvalue weighted by molar-refractivity contribution is 5.75. The molecular weight excluding hydrogens is 357 g/mol. The van der Waals surface area contributed by atoms with Crippen LogP contribution in [-0.4, -0.2) is 51.7 Å². The molecule has 5 nitrogen and oxygen atoms in total. The summed E-state index contributed by atoms with van der Waals surface area (Å²) in [5.41, 5.74) is 1.54. The van der Waals surface area contributed by atoms with Crippen LogP contribution in [0.1, 0.15) is 23.2 Å². The number of benzene rings is 1. The molecule has 0 aliphatic carbocycles. The van der Waals surface area contributed by atoms with Gasteiger partial charge in [-0.15, -0.1) is 0 Å².